The third-order valence-corrected chi connectivity index (χ3v) is 5.97. The fourth-order valence-corrected chi connectivity index (χ4v) is 4.17. The lowest BCUT2D eigenvalue weighted by Gasteiger charge is -2.22. The Morgan fingerprint density at radius 1 is 1.21 bits per heavy atom. The molecular formula is C20H21BrN4O3S. The zero-order valence-electron chi connectivity index (χ0n) is 16.0. The summed E-state index contributed by atoms with van der Waals surface area (Å²) in [5.41, 5.74) is 2.23. The van der Waals surface area contributed by atoms with Gasteiger partial charge in [-0.05, 0) is 36.8 Å². The number of sulfonamides is 1. The zero-order valence-corrected chi connectivity index (χ0v) is 18.4. The normalized spacial score (nSPS) is 11.3. The SMILES string of the molecule is Cc1nccn1-c1ccccc1CNC(=O)CN(c1cccc(Br)c1)S(C)(=O)=O. The fourth-order valence-electron chi connectivity index (χ4n) is 2.94. The molecule has 7 nitrogen and oxygen atoms in total. The minimum atomic E-state index is -3.62. The van der Waals surface area contributed by atoms with Gasteiger partial charge in [0.1, 0.15) is 12.4 Å². The maximum Gasteiger partial charge on any atom is 0.241 e. The summed E-state index contributed by atoms with van der Waals surface area (Å²) in [6.07, 6.45) is 4.65. The van der Waals surface area contributed by atoms with E-state index in [0.717, 1.165) is 32.1 Å². The number of nitrogens with one attached hydrogen (secondary N) is 1. The minimum absolute atomic E-state index is 0.267. The average molecular weight is 477 g/mol. The van der Waals surface area contributed by atoms with Crippen molar-refractivity contribution < 1.29 is 13.2 Å². The van der Waals surface area contributed by atoms with E-state index >= 15 is 0 Å². The third kappa shape index (κ3) is 5.24. The summed E-state index contributed by atoms with van der Waals surface area (Å²) in [5.74, 6) is 0.439. The Labute approximate surface area is 178 Å². The molecule has 1 amide bonds. The van der Waals surface area contributed by atoms with Gasteiger partial charge in [-0.15, -0.1) is 0 Å². The molecule has 0 bridgehead atoms. The highest BCUT2D eigenvalue weighted by atomic mass is 79.9. The number of benzene rings is 2. The van der Waals surface area contributed by atoms with Crippen molar-refractivity contribution in [3.63, 3.8) is 0 Å². The molecule has 0 fully saturated rings. The third-order valence-electron chi connectivity index (χ3n) is 4.34. The number of aromatic nitrogens is 2. The number of imidazole rings is 1. The molecule has 0 aliphatic rings. The summed E-state index contributed by atoms with van der Waals surface area (Å²) in [6, 6.07) is 14.5. The van der Waals surface area contributed by atoms with Crippen LogP contribution in [-0.4, -0.2) is 36.7 Å². The van der Waals surface area contributed by atoms with E-state index in [1.807, 2.05) is 42.0 Å². The highest BCUT2D eigenvalue weighted by molar-refractivity contribution is 9.10. The number of hydrogen-bond acceptors (Lipinski definition) is 4. The van der Waals surface area contributed by atoms with Gasteiger partial charge in [-0.25, -0.2) is 13.4 Å². The molecule has 0 saturated heterocycles. The van der Waals surface area contributed by atoms with Gasteiger partial charge in [-0.2, -0.15) is 0 Å². The van der Waals surface area contributed by atoms with Crippen LogP contribution in [0.3, 0.4) is 0 Å². The lowest BCUT2D eigenvalue weighted by Crippen LogP contribution is -2.40. The van der Waals surface area contributed by atoms with Crippen LogP contribution in [-0.2, 0) is 21.4 Å². The van der Waals surface area contributed by atoms with Crippen molar-refractivity contribution in [3.05, 3.63) is 76.8 Å². The van der Waals surface area contributed by atoms with E-state index in [0.29, 0.717) is 5.69 Å². The van der Waals surface area contributed by atoms with Crippen molar-refractivity contribution in [1.82, 2.24) is 14.9 Å². The van der Waals surface area contributed by atoms with Gasteiger partial charge >= 0.3 is 0 Å². The Morgan fingerprint density at radius 3 is 2.62 bits per heavy atom. The molecule has 29 heavy (non-hydrogen) atoms. The van der Waals surface area contributed by atoms with E-state index < -0.39 is 15.9 Å². The lowest BCUT2D eigenvalue weighted by molar-refractivity contribution is -0.119. The summed E-state index contributed by atoms with van der Waals surface area (Å²) in [5, 5.41) is 2.82. The van der Waals surface area contributed by atoms with E-state index in [1.54, 1.807) is 30.5 Å². The Hall–Kier alpha value is -2.65. The number of nitrogens with zero attached hydrogens (tertiary/aromatic N) is 3. The van der Waals surface area contributed by atoms with Gasteiger partial charge < -0.3 is 9.88 Å². The van der Waals surface area contributed by atoms with Crippen LogP contribution in [0, 0.1) is 6.92 Å². The van der Waals surface area contributed by atoms with Crippen molar-refractivity contribution in [2.45, 2.75) is 13.5 Å². The van der Waals surface area contributed by atoms with E-state index in [2.05, 4.69) is 26.2 Å². The molecule has 0 radical (unpaired) electrons. The summed E-state index contributed by atoms with van der Waals surface area (Å²) >= 11 is 3.33. The number of anilines is 1. The molecule has 0 aliphatic heterocycles. The number of rotatable bonds is 7. The molecule has 9 heteroatoms. The van der Waals surface area contributed by atoms with Crippen LogP contribution in [0.5, 0.6) is 0 Å². The van der Waals surface area contributed by atoms with E-state index in [1.165, 1.54) is 0 Å². The first-order chi connectivity index (χ1) is 13.8. The van der Waals surface area contributed by atoms with Crippen LogP contribution >= 0.6 is 15.9 Å². The second-order valence-electron chi connectivity index (χ2n) is 6.50. The smallest absolute Gasteiger partial charge is 0.241 e. The van der Waals surface area contributed by atoms with Gasteiger partial charge in [0, 0.05) is 23.4 Å². The van der Waals surface area contributed by atoms with Crippen LogP contribution in [0.4, 0.5) is 5.69 Å². The molecular weight excluding hydrogens is 456 g/mol. The predicted octanol–water partition coefficient (Wildman–Crippen LogP) is 3.03. The first-order valence-corrected chi connectivity index (χ1v) is 11.5. The number of amides is 1. The number of halogens is 1. The summed E-state index contributed by atoms with van der Waals surface area (Å²) < 4.78 is 28.2. The summed E-state index contributed by atoms with van der Waals surface area (Å²) in [7, 11) is -3.62. The fraction of sp³-hybridized carbons (Fsp3) is 0.200. The van der Waals surface area contributed by atoms with Gasteiger partial charge in [-0.1, -0.05) is 40.2 Å². The quantitative estimate of drug-likeness (QED) is 0.567. The predicted molar refractivity (Wildman–Crippen MR) is 116 cm³/mol. The molecule has 1 N–H and O–H groups in total. The highest BCUT2D eigenvalue weighted by Crippen LogP contribution is 2.22. The van der Waals surface area contributed by atoms with Crippen molar-refractivity contribution in [1.29, 1.82) is 0 Å². The zero-order chi connectivity index (χ0) is 21.0. The van der Waals surface area contributed by atoms with Crippen molar-refractivity contribution in [2.75, 3.05) is 17.1 Å². The van der Waals surface area contributed by atoms with E-state index in [9.17, 15) is 13.2 Å². The molecule has 1 heterocycles. The minimum Gasteiger partial charge on any atom is -0.350 e. The molecule has 0 aliphatic carbocycles. The topological polar surface area (TPSA) is 84.3 Å². The van der Waals surface area contributed by atoms with Gasteiger partial charge in [-0.3, -0.25) is 9.10 Å². The van der Waals surface area contributed by atoms with Crippen molar-refractivity contribution in [2.24, 2.45) is 0 Å². The second-order valence-corrected chi connectivity index (χ2v) is 9.32. The van der Waals surface area contributed by atoms with E-state index in [4.69, 9.17) is 0 Å². The Kier molecular flexibility index (Phi) is 6.39. The number of aryl methyl sites for hydroxylation is 1. The van der Waals surface area contributed by atoms with Crippen LogP contribution in [0.2, 0.25) is 0 Å². The molecule has 3 aromatic rings. The molecule has 0 unspecified atom stereocenters. The number of para-hydroxylation sites is 1. The second kappa shape index (κ2) is 8.79. The average Bonchev–Trinajstić information content (AvgIpc) is 3.09. The molecule has 0 saturated carbocycles. The van der Waals surface area contributed by atoms with Crippen LogP contribution in [0.15, 0.2) is 65.4 Å². The van der Waals surface area contributed by atoms with Gasteiger partial charge in [0.25, 0.3) is 0 Å². The van der Waals surface area contributed by atoms with Crippen molar-refractivity contribution in [3.8, 4) is 5.69 Å². The first kappa shape index (κ1) is 21.1. The number of carbonyl (C=O) groups excluding carboxylic acids is 1. The molecule has 0 spiro atoms. The standard InChI is InChI=1S/C20H21BrN4O3S/c1-15-22-10-11-24(15)19-9-4-3-6-16(19)13-23-20(26)14-25(29(2,27)28)18-8-5-7-17(21)12-18/h3-12H,13-14H2,1-2H3,(H,23,26). The van der Waals surface area contributed by atoms with E-state index in [-0.39, 0.29) is 13.1 Å². The summed E-state index contributed by atoms with van der Waals surface area (Å²) in [6.45, 7) is 1.86. The molecule has 0 atom stereocenters. The maximum atomic E-state index is 12.5. The summed E-state index contributed by atoms with van der Waals surface area (Å²) in [4.78, 5) is 16.8. The maximum absolute atomic E-state index is 12.5. The Morgan fingerprint density at radius 2 is 1.97 bits per heavy atom. The van der Waals surface area contributed by atoms with Crippen LogP contribution in [0.25, 0.3) is 5.69 Å². The van der Waals surface area contributed by atoms with Gasteiger partial charge in [0.15, 0.2) is 0 Å². The van der Waals surface area contributed by atoms with Crippen LogP contribution in [0.1, 0.15) is 11.4 Å². The lowest BCUT2D eigenvalue weighted by atomic mass is 10.1. The van der Waals surface area contributed by atoms with Crippen molar-refractivity contribution >= 4 is 37.5 Å². The van der Waals surface area contributed by atoms with Gasteiger partial charge in [0.05, 0.1) is 17.6 Å². The van der Waals surface area contributed by atoms with Crippen LogP contribution < -0.4 is 9.62 Å². The number of carbonyl (C=O) groups is 1. The largest absolute Gasteiger partial charge is 0.350 e. The highest BCUT2D eigenvalue weighted by Gasteiger charge is 2.21. The molecule has 152 valence electrons. The number of hydrogen-bond donors (Lipinski definition) is 1. The first-order valence-electron chi connectivity index (χ1n) is 8.84. The Balaban J connectivity index is 1.75. The monoisotopic (exact) mass is 476 g/mol. The molecule has 1 aromatic heterocycles. The Bertz CT molecular complexity index is 1130. The van der Waals surface area contributed by atoms with Gasteiger partial charge in [0.2, 0.25) is 15.9 Å². The molecule has 2 aromatic carbocycles. The molecule has 3 rings (SSSR count).